The van der Waals surface area contributed by atoms with Gasteiger partial charge in [0.2, 0.25) is 0 Å². The third-order valence-electron chi connectivity index (χ3n) is 6.82. The van der Waals surface area contributed by atoms with Crippen LogP contribution in [0.1, 0.15) is 57.1 Å². The van der Waals surface area contributed by atoms with Crippen LogP contribution in [0, 0.1) is 5.92 Å². The van der Waals surface area contributed by atoms with Crippen LogP contribution in [0.2, 0.25) is 0 Å². The summed E-state index contributed by atoms with van der Waals surface area (Å²) < 4.78 is 7.59. The van der Waals surface area contributed by atoms with Crippen molar-refractivity contribution in [2.75, 3.05) is 19.7 Å². The molecule has 1 aromatic heterocycles. The molecule has 4 rings (SSSR count). The lowest BCUT2D eigenvalue weighted by molar-refractivity contribution is -0.154. The molecule has 190 valence electrons. The molecule has 0 bridgehead atoms. The molecule has 9 heteroatoms. The number of nitrogens with zero attached hydrogens (tertiary/aromatic N) is 2. The number of carboxylic acids is 2. The minimum Gasteiger partial charge on any atom is -0.481 e. The number of piperidine rings is 1. The van der Waals surface area contributed by atoms with Gasteiger partial charge >= 0.3 is 17.9 Å². The third-order valence-corrected chi connectivity index (χ3v) is 6.82. The number of aryl methyl sites for hydroxylation is 1. The highest BCUT2D eigenvalue weighted by Crippen LogP contribution is 2.45. The Morgan fingerprint density at radius 2 is 1.74 bits per heavy atom. The molecule has 1 aliphatic heterocycles. The van der Waals surface area contributed by atoms with E-state index in [0.29, 0.717) is 18.5 Å². The van der Waals surface area contributed by atoms with Crippen LogP contribution >= 0.6 is 0 Å². The van der Waals surface area contributed by atoms with Crippen molar-refractivity contribution in [1.82, 2.24) is 9.47 Å². The minimum atomic E-state index is -1.08. The van der Waals surface area contributed by atoms with Crippen molar-refractivity contribution in [2.45, 2.75) is 65.0 Å². The first-order valence-electron chi connectivity index (χ1n) is 12.1. The maximum Gasteiger partial charge on any atom is 0.310 e. The second-order valence-electron chi connectivity index (χ2n) is 9.18. The van der Waals surface area contributed by atoms with Gasteiger partial charge in [-0.05, 0) is 50.4 Å². The van der Waals surface area contributed by atoms with Crippen LogP contribution < -0.4 is 0 Å². The Morgan fingerprint density at radius 3 is 2.31 bits per heavy atom. The summed E-state index contributed by atoms with van der Waals surface area (Å²) >= 11 is 0. The van der Waals surface area contributed by atoms with Crippen molar-refractivity contribution < 1.29 is 34.1 Å². The van der Waals surface area contributed by atoms with E-state index in [1.54, 1.807) is 0 Å². The molecule has 2 aromatic rings. The molecule has 3 atom stereocenters. The summed E-state index contributed by atoms with van der Waals surface area (Å²) in [5, 5.41) is 17.2. The van der Waals surface area contributed by atoms with E-state index >= 15 is 0 Å². The van der Waals surface area contributed by atoms with Gasteiger partial charge in [-0.25, -0.2) is 0 Å². The van der Waals surface area contributed by atoms with Gasteiger partial charge in [-0.2, -0.15) is 0 Å². The zero-order valence-corrected chi connectivity index (χ0v) is 20.5. The molecule has 0 amide bonds. The topological polar surface area (TPSA) is 126 Å². The molecule has 1 aliphatic carbocycles. The first kappa shape index (κ1) is 26.4. The van der Waals surface area contributed by atoms with Gasteiger partial charge in [0.15, 0.2) is 5.78 Å². The smallest absolute Gasteiger partial charge is 0.310 e. The number of hydrogen-bond acceptors (Lipinski definition) is 6. The lowest BCUT2D eigenvalue weighted by atomic mass is 9.72. The molecule has 0 radical (unpaired) electrons. The zero-order chi connectivity index (χ0) is 25.7. The zero-order valence-electron chi connectivity index (χ0n) is 20.5. The highest BCUT2D eigenvalue weighted by Gasteiger charge is 2.43. The van der Waals surface area contributed by atoms with E-state index in [-0.39, 0.29) is 37.1 Å². The van der Waals surface area contributed by atoms with E-state index in [1.807, 2.05) is 0 Å². The summed E-state index contributed by atoms with van der Waals surface area (Å²) in [6, 6.07) is 7.01. The molecule has 1 unspecified atom stereocenters. The molecule has 1 aromatic carbocycles. The number of fused-ring (bicyclic) bond motifs is 2. The number of Topliss-reactive ketones (excluding diaryl/α,β-unsaturated/α-hetero) is 1. The van der Waals surface area contributed by atoms with Crippen molar-refractivity contribution in [2.24, 2.45) is 5.92 Å². The van der Waals surface area contributed by atoms with Crippen LogP contribution in [-0.2, 0) is 36.9 Å². The van der Waals surface area contributed by atoms with E-state index < -0.39 is 11.9 Å². The summed E-state index contributed by atoms with van der Waals surface area (Å²) in [5.74, 6) is -2.34. The van der Waals surface area contributed by atoms with Crippen molar-refractivity contribution in [3.8, 4) is 0 Å². The number of aliphatic carboxylic acids is 2. The fourth-order valence-corrected chi connectivity index (χ4v) is 5.28. The average Bonchev–Trinajstić information content (AvgIpc) is 3.20. The number of likely N-dealkylation sites (tertiary alicyclic amines) is 1. The number of aromatic nitrogens is 1. The number of benzene rings is 1. The number of carbonyl (C=O) groups is 4. The van der Waals surface area contributed by atoms with Gasteiger partial charge in [-0.3, -0.25) is 24.1 Å². The molecule has 1 saturated heterocycles. The largest absolute Gasteiger partial charge is 0.481 e. The second kappa shape index (κ2) is 11.5. The Kier molecular flexibility index (Phi) is 8.67. The summed E-state index contributed by atoms with van der Waals surface area (Å²) in [6.07, 6.45) is 3.55. The number of carboxylic acid groups (broad SMARTS) is 2. The van der Waals surface area contributed by atoms with Gasteiger partial charge in [0.1, 0.15) is 6.61 Å². The van der Waals surface area contributed by atoms with Crippen LogP contribution in [0.25, 0.3) is 10.9 Å². The molecule has 2 N–H and O–H groups in total. The summed E-state index contributed by atoms with van der Waals surface area (Å²) in [5.41, 5.74) is 4.10. The molecule has 1 fully saturated rings. The maximum absolute atomic E-state index is 12.6. The van der Waals surface area contributed by atoms with Gasteiger partial charge in [0.25, 0.3) is 0 Å². The van der Waals surface area contributed by atoms with E-state index in [9.17, 15) is 19.2 Å². The fraction of sp³-hybridized carbons (Fsp3) is 0.538. The molecule has 35 heavy (non-hydrogen) atoms. The SMILES string of the molecule is CCN1C[C@H](C(=O)OCC(C)=O)CC2c3cccc4c3c(cn4CC)C[C@H]21.O=C(O)CCC(=O)O. The molecule has 9 nitrogen and oxygen atoms in total. The Balaban J connectivity index is 0.000000371. The van der Waals surface area contributed by atoms with Gasteiger partial charge < -0.3 is 19.5 Å². The normalized spacial score (nSPS) is 20.9. The lowest BCUT2D eigenvalue weighted by Gasteiger charge is -2.46. The number of likely N-dealkylation sites (N-methyl/N-ethyl adjacent to an activating group) is 1. The second-order valence-corrected chi connectivity index (χ2v) is 9.18. The molecule has 0 saturated carbocycles. The van der Waals surface area contributed by atoms with E-state index in [4.69, 9.17) is 14.9 Å². The quantitative estimate of drug-likeness (QED) is 0.545. The maximum atomic E-state index is 12.6. The molecular weight excluding hydrogens is 452 g/mol. The number of hydrogen-bond donors (Lipinski definition) is 2. The van der Waals surface area contributed by atoms with E-state index in [1.165, 1.54) is 29.0 Å². The van der Waals surface area contributed by atoms with Crippen LogP contribution in [0.15, 0.2) is 24.4 Å². The van der Waals surface area contributed by atoms with Crippen molar-refractivity contribution in [3.05, 3.63) is 35.5 Å². The van der Waals surface area contributed by atoms with Gasteiger partial charge in [-0.1, -0.05) is 19.1 Å². The van der Waals surface area contributed by atoms with Gasteiger partial charge in [0.05, 0.1) is 18.8 Å². The first-order valence-corrected chi connectivity index (χ1v) is 12.1. The van der Waals surface area contributed by atoms with Crippen LogP contribution in [0.4, 0.5) is 0 Å². The molecule has 0 spiro atoms. The van der Waals surface area contributed by atoms with Crippen molar-refractivity contribution in [3.63, 3.8) is 0 Å². The molecular formula is C26H34N2O7. The number of rotatable bonds is 8. The number of ether oxygens (including phenoxy) is 1. The first-order chi connectivity index (χ1) is 16.7. The van der Waals surface area contributed by atoms with Crippen molar-refractivity contribution in [1.29, 1.82) is 0 Å². The predicted octanol–water partition coefficient (Wildman–Crippen LogP) is 3.08. The minimum absolute atomic E-state index is 0.114. The monoisotopic (exact) mass is 486 g/mol. The predicted molar refractivity (Wildman–Crippen MR) is 129 cm³/mol. The summed E-state index contributed by atoms with van der Waals surface area (Å²) in [6.45, 7) is 8.27. The highest BCUT2D eigenvalue weighted by molar-refractivity contribution is 5.89. The number of carbonyl (C=O) groups excluding carboxylic acids is 2. The van der Waals surface area contributed by atoms with Crippen molar-refractivity contribution >= 4 is 34.6 Å². The van der Waals surface area contributed by atoms with Gasteiger partial charge in [0, 0.05) is 42.1 Å². The van der Waals surface area contributed by atoms with E-state index in [2.05, 4.69) is 47.7 Å². The Bertz CT molecular complexity index is 1090. The third kappa shape index (κ3) is 6.08. The average molecular weight is 487 g/mol. The van der Waals surface area contributed by atoms with Crippen LogP contribution in [-0.4, -0.2) is 69.1 Å². The van der Waals surface area contributed by atoms with Crippen LogP contribution in [0.5, 0.6) is 0 Å². The Hall–Kier alpha value is -3.20. The van der Waals surface area contributed by atoms with Gasteiger partial charge in [-0.15, -0.1) is 0 Å². The Labute approximate surface area is 204 Å². The van der Waals surface area contributed by atoms with Crippen LogP contribution in [0.3, 0.4) is 0 Å². The summed E-state index contributed by atoms with van der Waals surface area (Å²) in [7, 11) is 0. The standard InChI is InChI=1S/C22H28N2O3.C4H6O4/c1-4-23-11-15-10-20-18(17-7-6-8-19(23)21(15)17)9-16(12-24(20)5-2)22(26)27-13-14(3)25;5-3(6)1-2-4(7)8/h6-8,11,16,18,20H,4-5,9-10,12-13H2,1-3H3;1-2H2,(H,5,6)(H,7,8)/t16-,18?,20-;/m1./s1. The summed E-state index contributed by atoms with van der Waals surface area (Å²) in [4.78, 5) is 45.5. The Morgan fingerprint density at radius 1 is 1.06 bits per heavy atom. The molecule has 2 heterocycles. The molecule has 2 aliphatic rings. The fourth-order valence-electron chi connectivity index (χ4n) is 5.28. The highest BCUT2D eigenvalue weighted by atomic mass is 16.5. The van der Waals surface area contributed by atoms with E-state index in [0.717, 1.165) is 25.9 Å². The number of esters is 1. The lowest BCUT2D eigenvalue weighted by Crippen LogP contribution is -2.51. The number of ketones is 1.